The number of nitrogens with zero attached hydrogens (tertiary/aromatic N) is 3. The maximum absolute atomic E-state index is 15.0. The van der Waals surface area contributed by atoms with Crippen LogP contribution in [0.1, 0.15) is 49.2 Å². The lowest BCUT2D eigenvalue weighted by atomic mass is 9.82. The Morgan fingerprint density at radius 1 is 1.31 bits per heavy atom. The number of carbonyl (C=O) groups excluding carboxylic acids is 2. The van der Waals surface area contributed by atoms with Crippen molar-refractivity contribution in [3.63, 3.8) is 0 Å². The molecule has 35 heavy (non-hydrogen) atoms. The Kier molecular flexibility index (Phi) is 6.67. The van der Waals surface area contributed by atoms with Crippen molar-refractivity contribution in [2.75, 3.05) is 11.9 Å². The maximum atomic E-state index is 15.0. The number of aliphatic imine (C=N–C) groups is 1. The molecular formula is C24H25FN6O3S. The Labute approximate surface area is 206 Å². The third-order valence-corrected chi connectivity index (χ3v) is 6.81. The van der Waals surface area contributed by atoms with E-state index in [-0.39, 0.29) is 47.3 Å². The summed E-state index contributed by atoms with van der Waals surface area (Å²) in [6, 6.07) is 4.36. The van der Waals surface area contributed by atoms with Gasteiger partial charge in [-0.2, -0.15) is 0 Å². The Hall–Kier alpha value is -3.65. The number of nitrogens with two attached hydrogens (primary N) is 1. The first-order chi connectivity index (χ1) is 16.6. The second-order valence-electron chi connectivity index (χ2n) is 8.86. The van der Waals surface area contributed by atoms with Crippen LogP contribution >= 0.6 is 11.8 Å². The minimum absolute atomic E-state index is 0.0319. The third-order valence-electron chi connectivity index (χ3n) is 5.73. The van der Waals surface area contributed by atoms with Crippen molar-refractivity contribution < 1.29 is 18.7 Å². The van der Waals surface area contributed by atoms with Crippen LogP contribution in [-0.4, -0.2) is 44.3 Å². The van der Waals surface area contributed by atoms with E-state index in [0.29, 0.717) is 5.69 Å². The number of nitrogens with one attached hydrogen (secondary N) is 2. The molecule has 1 fully saturated rings. The van der Waals surface area contributed by atoms with Gasteiger partial charge in [-0.3, -0.25) is 14.6 Å². The average Bonchev–Trinajstić information content (AvgIpc) is 3.62. The van der Waals surface area contributed by atoms with Crippen molar-refractivity contribution in [2.24, 2.45) is 10.7 Å². The Morgan fingerprint density at radius 2 is 2.09 bits per heavy atom. The lowest BCUT2D eigenvalue weighted by Gasteiger charge is -2.40. The number of hydrogen-bond donors (Lipinski definition) is 3. The fourth-order valence-corrected chi connectivity index (χ4v) is 5.13. The molecule has 182 valence electrons. The van der Waals surface area contributed by atoms with Crippen LogP contribution in [0.5, 0.6) is 5.88 Å². The van der Waals surface area contributed by atoms with E-state index in [2.05, 4.69) is 31.5 Å². The number of amides is 2. The van der Waals surface area contributed by atoms with Gasteiger partial charge in [-0.1, -0.05) is 17.7 Å². The molecule has 2 atom stereocenters. The highest BCUT2D eigenvalue weighted by Gasteiger charge is 2.48. The summed E-state index contributed by atoms with van der Waals surface area (Å²) in [7, 11) is 0. The first kappa shape index (κ1) is 24.5. The fourth-order valence-electron chi connectivity index (χ4n) is 3.91. The molecule has 4 rings (SSSR count). The second kappa shape index (κ2) is 9.54. The van der Waals surface area contributed by atoms with Crippen LogP contribution < -0.4 is 21.1 Å². The van der Waals surface area contributed by atoms with Crippen LogP contribution in [0, 0.1) is 18.2 Å². The SMILES string of the molecule is C#CCOc1cnc(C(=O)Nc2ccc(F)c([C@]3(C)C[C@](C)(C(=O)NC4CC4)SC(N)=N3)c2)cn1. The number of rotatable bonds is 7. The molecule has 1 aromatic carbocycles. The number of aromatic nitrogens is 2. The zero-order valence-electron chi connectivity index (χ0n) is 19.3. The summed E-state index contributed by atoms with van der Waals surface area (Å²) in [4.78, 5) is 38.1. The van der Waals surface area contributed by atoms with Crippen LogP contribution in [0.2, 0.25) is 0 Å². The highest BCUT2D eigenvalue weighted by atomic mass is 32.2. The predicted molar refractivity (Wildman–Crippen MR) is 131 cm³/mol. The van der Waals surface area contributed by atoms with Crippen LogP contribution in [0.3, 0.4) is 0 Å². The van der Waals surface area contributed by atoms with Gasteiger partial charge in [-0.05, 0) is 44.9 Å². The van der Waals surface area contributed by atoms with E-state index in [0.717, 1.165) is 12.8 Å². The number of terminal acetylenes is 1. The van der Waals surface area contributed by atoms with Gasteiger partial charge >= 0.3 is 0 Å². The lowest BCUT2D eigenvalue weighted by molar-refractivity contribution is -0.123. The van der Waals surface area contributed by atoms with Gasteiger partial charge in [0.05, 0.1) is 17.9 Å². The number of hydrogen-bond acceptors (Lipinski definition) is 8. The monoisotopic (exact) mass is 496 g/mol. The standard InChI is InChI=1S/C24H25FN6O3S/c1-4-9-34-19-12-27-18(11-28-19)20(32)29-15-7-8-17(25)16(10-15)23(2)13-24(3,35-22(26)31-23)21(33)30-14-5-6-14/h1,7-8,10-12,14H,5-6,9,13H2,2-3H3,(H2,26,31)(H,29,32)(H,30,33)/t23-,24+/m0/s1. The zero-order chi connectivity index (χ0) is 25.2. The first-order valence-corrected chi connectivity index (χ1v) is 11.8. The molecule has 2 amide bonds. The maximum Gasteiger partial charge on any atom is 0.275 e. The Balaban J connectivity index is 1.55. The number of anilines is 1. The van der Waals surface area contributed by atoms with E-state index >= 15 is 4.39 Å². The minimum Gasteiger partial charge on any atom is -0.463 e. The van der Waals surface area contributed by atoms with Crippen molar-refractivity contribution in [1.29, 1.82) is 0 Å². The van der Waals surface area contributed by atoms with Gasteiger partial charge in [0, 0.05) is 23.7 Å². The summed E-state index contributed by atoms with van der Waals surface area (Å²) < 4.78 is 19.2. The Bertz CT molecular complexity index is 1230. The zero-order valence-corrected chi connectivity index (χ0v) is 20.1. The van der Waals surface area contributed by atoms with Gasteiger partial charge in [-0.25, -0.2) is 14.4 Å². The number of halogens is 1. The molecule has 1 aliphatic heterocycles. The topological polar surface area (TPSA) is 132 Å². The number of thioether (sulfide) groups is 1. The van der Waals surface area contributed by atoms with Gasteiger partial charge in [0.1, 0.15) is 16.3 Å². The molecule has 11 heteroatoms. The molecule has 0 radical (unpaired) electrons. The van der Waals surface area contributed by atoms with E-state index in [9.17, 15) is 9.59 Å². The third kappa shape index (κ3) is 5.54. The average molecular weight is 497 g/mol. The van der Waals surface area contributed by atoms with E-state index in [1.54, 1.807) is 13.8 Å². The molecule has 2 heterocycles. The van der Waals surface area contributed by atoms with Crippen LogP contribution in [0.15, 0.2) is 35.6 Å². The predicted octanol–water partition coefficient (Wildman–Crippen LogP) is 2.58. The molecule has 1 saturated carbocycles. The number of ether oxygens (including phenoxy) is 1. The summed E-state index contributed by atoms with van der Waals surface area (Å²) in [5, 5.41) is 5.89. The van der Waals surface area contributed by atoms with Crippen molar-refractivity contribution in [3.05, 3.63) is 47.7 Å². The molecule has 2 aliphatic rings. The largest absolute Gasteiger partial charge is 0.463 e. The van der Waals surface area contributed by atoms with Crippen molar-refractivity contribution >= 4 is 34.4 Å². The van der Waals surface area contributed by atoms with Crippen molar-refractivity contribution in [3.8, 4) is 18.2 Å². The molecule has 1 aromatic heterocycles. The lowest BCUT2D eigenvalue weighted by Crippen LogP contribution is -2.50. The van der Waals surface area contributed by atoms with E-state index in [1.807, 2.05) is 0 Å². The normalized spacial score (nSPS) is 23.5. The van der Waals surface area contributed by atoms with Crippen LogP contribution in [0.4, 0.5) is 10.1 Å². The quantitative estimate of drug-likeness (QED) is 0.502. The molecule has 4 N–H and O–H groups in total. The Morgan fingerprint density at radius 3 is 2.74 bits per heavy atom. The molecule has 0 bridgehead atoms. The van der Waals surface area contributed by atoms with Crippen LogP contribution in [0.25, 0.3) is 0 Å². The van der Waals surface area contributed by atoms with E-state index in [1.165, 1.54) is 42.4 Å². The molecule has 9 nitrogen and oxygen atoms in total. The van der Waals surface area contributed by atoms with Gasteiger partial charge in [0.15, 0.2) is 11.8 Å². The summed E-state index contributed by atoms with van der Waals surface area (Å²) in [6.07, 6.45) is 9.80. The fraction of sp³-hybridized carbons (Fsp3) is 0.375. The molecule has 0 spiro atoms. The highest BCUT2D eigenvalue weighted by molar-refractivity contribution is 8.15. The van der Waals surface area contributed by atoms with E-state index < -0.39 is 22.0 Å². The second-order valence-corrected chi connectivity index (χ2v) is 10.4. The smallest absolute Gasteiger partial charge is 0.275 e. The van der Waals surface area contributed by atoms with Crippen molar-refractivity contribution in [1.82, 2.24) is 15.3 Å². The number of benzene rings is 1. The van der Waals surface area contributed by atoms with Crippen LogP contribution in [-0.2, 0) is 10.3 Å². The molecular weight excluding hydrogens is 471 g/mol. The van der Waals surface area contributed by atoms with E-state index in [4.69, 9.17) is 16.9 Å². The summed E-state index contributed by atoms with van der Waals surface area (Å²) >= 11 is 1.17. The number of amidine groups is 1. The first-order valence-electron chi connectivity index (χ1n) is 11.0. The minimum atomic E-state index is -1.12. The van der Waals surface area contributed by atoms with Gasteiger partial charge in [0.25, 0.3) is 5.91 Å². The van der Waals surface area contributed by atoms with Gasteiger partial charge in [0.2, 0.25) is 11.8 Å². The summed E-state index contributed by atoms with van der Waals surface area (Å²) in [5.74, 6) is 1.29. The molecule has 2 aromatic rings. The summed E-state index contributed by atoms with van der Waals surface area (Å²) in [5.41, 5.74) is 5.57. The molecule has 1 aliphatic carbocycles. The molecule has 0 unspecified atom stereocenters. The van der Waals surface area contributed by atoms with Crippen molar-refractivity contribution in [2.45, 2.75) is 49.4 Å². The summed E-state index contributed by atoms with van der Waals surface area (Å²) in [6.45, 7) is 3.55. The highest BCUT2D eigenvalue weighted by Crippen LogP contribution is 2.46. The molecule has 0 saturated heterocycles. The number of carbonyl (C=O) groups is 2. The van der Waals surface area contributed by atoms with Gasteiger partial charge < -0.3 is 21.1 Å². The van der Waals surface area contributed by atoms with Gasteiger partial charge in [-0.15, -0.1) is 6.42 Å².